The average molecular weight is 346 g/mol. The second-order valence-electron chi connectivity index (χ2n) is 5.57. The number of aliphatic carboxylic acids is 1. The SMILES string of the molecule is Cc1sc2nc(C)n(C(C)C(=O)O)c(=O)c2c1-c1ccc(F)cc1. The maximum Gasteiger partial charge on any atom is 0.326 e. The van der Waals surface area contributed by atoms with Gasteiger partial charge in [-0.15, -0.1) is 11.3 Å². The Hall–Kier alpha value is -2.54. The molecular weight excluding hydrogens is 331 g/mol. The van der Waals surface area contributed by atoms with Crippen LogP contribution in [0.5, 0.6) is 0 Å². The van der Waals surface area contributed by atoms with E-state index >= 15 is 0 Å². The van der Waals surface area contributed by atoms with Crippen LogP contribution < -0.4 is 5.56 Å². The number of halogens is 1. The Bertz CT molecular complexity index is 1010. The number of rotatable bonds is 3. The summed E-state index contributed by atoms with van der Waals surface area (Å²) < 4.78 is 14.4. The number of hydrogen-bond donors (Lipinski definition) is 1. The lowest BCUT2D eigenvalue weighted by Gasteiger charge is -2.14. The van der Waals surface area contributed by atoms with Crippen molar-refractivity contribution in [1.82, 2.24) is 9.55 Å². The number of benzene rings is 1. The second-order valence-corrected chi connectivity index (χ2v) is 6.77. The monoisotopic (exact) mass is 346 g/mol. The molecule has 2 aromatic heterocycles. The molecule has 3 rings (SSSR count). The van der Waals surface area contributed by atoms with Gasteiger partial charge in [-0.1, -0.05) is 12.1 Å². The molecule has 5 nitrogen and oxygen atoms in total. The zero-order valence-electron chi connectivity index (χ0n) is 13.3. The van der Waals surface area contributed by atoms with E-state index in [9.17, 15) is 19.1 Å². The normalized spacial score (nSPS) is 12.5. The highest BCUT2D eigenvalue weighted by atomic mass is 32.1. The Morgan fingerprint density at radius 3 is 2.50 bits per heavy atom. The van der Waals surface area contributed by atoms with Gasteiger partial charge < -0.3 is 5.11 Å². The molecule has 0 fully saturated rings. The lowest BCUT2D eigenvalue weighted by Crippen LogP contribution is -2.30. The number of carboxylic acid groups (broad SMARTS) is 1. The minimum atomic E-state index is -1.10. The van der Waals surface area contributed by atoms with Crippen LogP contribution >= 0.6 is 11.3 Å². The van der Waals surface area contributed by atoms with Crippen molar-refractivity contribution in [2.75, 3.05) is 0 Å². The lowest BCUT2D eigenvalue weighted by molar-refractivity contribution is -0.140. The summed E-state index contributed by atoms with van der Waals surface area (Å²) in [6, 6.07) is 4.86. The second kappa shape index (κ2) is 5.83. The minimum absolute atomic E-state index is 0.356. The molecule has 0 aliphatic rings. The van der Waals surface area contributed by atoms with Crippen LogP contribution in [-0.4, -0.2) is 20.6 Å². The van der Waals surface area contributed by atoms with E-state index in [1.54, 1.807) is 19.1 Å². The van der Waals surface area contributed by atoms with E-state index in [1.165, 1.54) is 35.0 Å². The van der Waals surface area contributed by atoms with Gasteiger partial charge in [-0.3, -0.25) is 9.36 Å². The zero-order chi connectivity index (χ0) is 17.6. The van der Waals surface area contributed by atoms with Crippen LogP contribution in [0.25, 0.3) is 21.3 Å². The highest BCUT2D eigenvalue weighted by Crippen LogP contribution is 2.36. The van der Waals surface area contributed by atoms with E-state index in [1.807, 2.05) is 6.92 Å². The number of nitrogens with zero attached hydrogens (tertiary/aromatic N) is 2. The predicted octanol–water partition coefficient (Wildman–Crippen LogP) is 3.53. The third-order valence-corrected chi connectivity index (χ3v) is 4.99. The van der Waals surface area contributed by atoms with E-state index in [-0.39, 0.29) is 5.82 Å². The molecule has 1 N–H and O–H groups in total. The minimum Gasteiger partial charge on any atom is -0.480 e. The Kier molecular flexibility index (Phi) is 3.96. The van der Waals surface area contributed by atoms with Gasteiger partial charge in [0.2, 0.25) is 0 Å². The van der Waals surface area contributed by atoms with Crippen molar-refractivity contribution in [2.45, 2.75) is 26.8 Å². The van der Waals surface area contributed by atoms with E-state index in [0.717, 1.165) is 4.88 Å². The standard InChI is InChI=1S/C17H15FN2O3S/c1-8(17(22)23)20-10(3)19-15-14(16(20)21)13(9(2)24-15)11-4-6-12(18)7-5-11/h4-8H,1-3H3,(H,22,23). The summed E-state index contributed by atoms with van der Waals surface area (Å²) in [5.74, 6) is -1.10. The summed E-state index contributed by atoms with van der Waals surface area (Å²) in [6.45, 7) is 4.93. The molecule has 24 heavy (non-hydrogen) atoms. The molecule has 0 radical (unpaired) electrons. The zero-order valence-corrected chi connectivity index (χ0v) is 14.1. The highest BCUT2D eigenvalue weighted by molar-refractivity contribution is 7.19. The molecule has 0 amide bonds. The maximum absolute atomic E-state index is 13.2. The first-order valence-corrected chi connectivity index (χ1v) is 8.14. The summed E-state index contributed by atoms with van der Waals surface area (Å²) >= 11 is 1.37. The van der Waals surface area contributed by atoms with Crippen LogP contribution in [0.4, 0.5) is 4.39 Å². The molecule has 1 unspecified atom stereocenters. The van der Waals surface area contributed by atoms with Gasteiger partial charge in [0.25, 0.3) is 5.56 Å². The molecule has 2 heterocycles. The van der Waals surface area contributed by atoms with Crippen LogP contribution in [0.2, 0.25) is 0 Å². The Morgan fingerprint density at radius 1 is 1.29 bits per heavy atom. The fraction of sp³-hybridized carbons (Fsp3) is 0.235. The number of hydrogen-bond acceptors (Lipinski definition) is 4. The third kappa shape index (κ3) is 2.50. The van der Waals surface area contributed by atoms with Crippen molar-refractivity contribution >= 4 is 27.5 Å². The molecular formula is C17H15FN2O3S. The molecule has 0 saturated heterocycles. The number of aryl methyl sites for hydroxylation is 2. The van der Waals surface area contributed by atoms with Crippen molar-refractivity contribution in [2.24, 2.45) is 0 Å². The van der Waals surface area contributed by atoms with E-state index in [0.29, 0.717) is 27.2 Å². The first-order chi connectivity index (χ1) is 11.3. The molecule has 7 heteroatoms. The number of carboxylic acids is 1. The largest absolute Gasteiger partial charge is 0.480 e. The Morgan fingerprint density at radius 2 is 1.92 bits per heavy atom. The topological polar surface area (TPSA) is 72.2 Å². The lowest BCUT2D eigenvalue weighted by atomic mass is 10.0. The molecule has 0 bridgehead atoms. The first kappa shape index (κ1) is 16.3. The van der Waals surface area contributed by atoms with Crippen LogP contribution in [-0.2, 0) is 4.79 Å². The van der Waals surface area contributed by atoms with Crippen molar-refractivity contribution in [3.63, 3.8) is 0 Å². The van der Waals surface area contributed by atoms with Gasteiger partial charge in [0, 0.05) is 10.4 Å². The summed E-state index contributed by atoms with van der Waals surface area (Å²) in [4.78, 5) is 30.1. The number of thiophene rings is 1. The molecule has 0 aliphatic carbocycles. The average Bonchev–Trinajstić information content (AvgIpc) is 2.84. The fourth-order valence-electron chi connectivity index (χ4n) is 2.81. The quantitative estimate of drug-likeness (QED) is 0.787. The highest BCUT2D eigenvalue weighted by Gasteiger charge is 2.23. The van der Waals surface area contributed by atoms with E-state index < -0.39 is 17.6 Å². The van der Waals surface area contributed by atoms with Gasteiger partial charge in [0.15, 0.2) is 0 Å². The van der Waals surface area contributed by atoms with E-state index in [2.05, 4.69) is 4.98 Å². The molecule has 124 valence electrons. The Labute approximate surface area is 141 Å². The predicted molar refractivity (Wildman–Crippen MR) is 91.1 cm³/mol. The van der Waals surface area contributed by atoms with Crippen LogP contribution in [0.1, 0.15) is 23.7 Å². The van der Waals surface area contributed by atoms with Crippen molar-refractivity contribution < 1.29 is 14.3 Å². The van der Waals surface area contributed by atoms with Crippen LogP contribution in [0.15, 0.2) is 29.1 Å². The van der Waals surface area contributed by atoms with Crippen molar-refractivity contribution in [1.29, 1.82) is 0 Å². The molecule has 0 saturated carbocycles. The summed E-state index contributed by atoms with van der Waals surface area (Å²) in [5, 5.41) is 9.63. The Balaban J connectivity index is 2.38. The smallest absolute Gasteiger partial charge is 0.326 e. The van der Waals surface area contributed by atoms with Gasteiger partial charge in [-0.2, -0.15) is 0 Å². The van der Waals surface area contributed by atoms with Gasteiger partial charge in [0.05, 0.1) is 5.39 Å². The molecule has 3 aromatic rings. The fourth-order valence-corrected chi connectivity index (χ4v) is 3.89. The summed E-state index contributed by atoms with van der Waals surface area (Å²) in [6.07, 6.45) is 0. The van der Waals surface area contributed by atoms with Gasteiger partial charge >= 0.3 is 5.97 Å². The maximum atomic E-state index is 13.2. The van der Waals surface area contributed by atoms with Crippen LogP contribution in [0.3, 0.4) is 0 Å². The molecule has 0 aliphatic heterocycles. The molecule has 1 aromatic carbocycles. The summed E-state index contributed by atoms with van der Waals surface area (Å²) in [7, 11) is 0. The van der Waals surface area contributed by atoms with E-state index in [4.69, 9.17) is 0 Å². The third-order valence-electron chi connectivity index (χ3n) is 3.99. The summed E-state index contributed by atoms with van der Waals surface area (Å²) in [5.41, 5.74) is 0.993. The van der Waals surface area contributed by atoms with Crippen molar-refractivity contribution in [3.05, 3.63) is 51.1 Å². The first-order valence-electron chi connectivity index (χ1n) is 7.32. The molecule has 1 atom stereocenters. The van der Waals surface area contributed by atoms with Crippen LogP contribution in [0, 0.1) is 19.7 Å². The van der Waals surface area contributed by atoms with Gasteiger partial charge in [-0.25, -0.2) is 14.2 Å². The number of carbonyl (C=O) groups is 1. The number of fused-ring (bicyclic) bond motifs is 1. The number of aromatic nitrogens is 2. The molecule has 0 spiro atoms. The van der Waals surface area contributed by atoms with Crippen molar-refractivity contribution in [3.8, 4) is 11.1 Å². The van der Waals surface area contributed by atoms with Gasteiger partial charge in [-0.05, 0) is 38.5 Å². The van der Waals surface area contributed by atoms with Gasteiger partial charge in [0.1, 0.15) is 22.5 Å².